The number of alkyl halides is 3. The largest absolute Gasteiger partial charge is 0.482 e. The van der Waals surface area contributed by atoms with Crippen LogP contribution in [-0.4, -0.2) is 22.5 Å². The molecular formula is C17H9Cl3F2N2O3. The van der Waals surface area contributed by atoms with E-state index in [0.717, 1.165) is 0 Å². The summed E-state index contributed by atoms with van der Waals surface area (Å²) in [6.07, 6.45) is 0. The van der Waals surface area contributed by atoms with Gasteiger partial charge < -0.3 is 9.26 Å². The molecule has 0 amide bonds. The van der Waals surface area contributed by atoms with E-state index >= 15 is 0 Å². The van der Waals surface area contributed by atoms with Crippen molar-refractivity contribution in [1.29, 1.82) is 0 Å². The predicted octanol–water partition coefficient (Wildman–Crippen LogP) is 5.59. The molecule has 0 unspecified atom stereocenters. The quantitative estimate of drug-likeness (QED) is 0.374. The lowest BCUT2D eigenvalue weighted by atomic mass is 10.1. The summed E-state index contributed by atoms with van der Waals surface area (Å²) in [4.78, 5) is 15.8. The Morgan fingerprint density at radius 1 is 1.11 bits per heavy atom. The molecule has 0 N–H and O–H groups in total. The number of hydrogen-bond acceptors (Lipinski definition) is 5. The van der Waals surface area contributed by atoms with Gasteiger partial charge in [-0.15, -0.1) is 0 Å². The third kappa shape index (κ3) is 4.55. The fourth-order valence-electron chi connectivity index (χ4n) is 2.10. The zero-order valence-corrected chi connectivity index (χ0v) is 15.5. The van der Waals surface area contributed by atoms with Crippen molar-refractivity contribution in [1.82, 2.24) is 10.1 Å². The first-order chi connectivity index (χ1) is 12.8. The Labute approximate surface area is 166 Å². The highest BCUT2D eigenvalue weighted by atomic mass is 35.5. The Balaban J connectivity index is 1.70. The number of carbonyl (C=O) groups is 1. The van der Waals surface area contributed by atoms with Crippen molar-refractivity contribution < 1.29 is 22.8 Å². The highest BCUT2D eigenvalue weighted by molar-refractivity contribution is 6.37. The third-order valence-corrected chi connectivity index (χ3v) is 4.16. The summed E-state index contributed by atoms with van der Waals surface area (Å²) in [5.74, 6) is -1.21. The van der Waals surface area contributed by atoms with E-state index < -0.39 is 11.3 Å². The first-order valence-electron chi connectivity index (χ1n) is 7.37. The lowest BCUT2D eigenvalue weighted by Gasteiger charge is -2.09. The summed E-state index contributed by atoms with van der Waals surface area (Å²) in [6, 6.07) is 10.8. The van der Waals surface area contributed by atoms with E-state index in [-0.39, 0.29) is 34.0 Å². The Morgan fingerprint density at radius 2 is 1.74 bits per heavy atom. The van der Waals surface area contributed by atoms with Crippen LogP contribution in [0.1, 0.15) is 16.2 Å². The zero-order valence-electron chi connectivity index (χ0n) is 13.3. The van der Waals surface area contributed by atoms with Crippen LogP contribution in [0.2, 0.25) is 10.0 Å². The van der Waals surface area contributed by atoms with E-state index in [1.54, 1.807) is 18.2 Å². The Morgan fingerprint density at radius 3 is 2.30 bits per heavy atom. The molecule has 140 valence electrons. The van der Waals surface area contributed by atoms with Crippen LogP contribution in [0, 0.1) is 0 Å². The molecule has 5 nitrogen and oxygen atoms in total. The molecule has 0 bridgehead atoms. The maximum atomic E-state index is 12.9. The Kier molecular flexibility index (Phi) is 5.64. The summed E-state index contributed by atoms with van der Waals surface area (Å²) in [5.41, 5.74) is 0.700. The lowest BCUT2D eigenvalue weighted by molar-refractivity contribution is 0.0551. The molecule has 3 rings (SSSR count). The highest BCUT2D eigenvalue weighted by Crippen LogP contribution is 2.33. The van der Waals surface area contributed by atoms with Crippen molar-refractivity contribution in [3.05, 3.63) is 64.0 Å². The van der Waals surface area contributed by atoms with E-state index in [1.807, 2.05) is 0 Å². The second-order valence-electron chi connectivity index (χ2n) is 5.26. The van der Waals surface area contributed by atoms with Gasteiger partial charge in [0.15, 0.2) is 18.1 Å². The molecule has 1 aromatic heterocycles. The Bertz CT molecular complexity index is 952. The summed E-state index contributed by atoms with van der Waals surface area (Å²) < 4.78 is 35.7. The van der Waals surface area contributed by atoms with Crippen LogP contribution in [0.4, 0.5) is 8.78 Å². The van der Waals surface area contributed by atoms with E-state index in [0.29, 0.717) is 11.1 Å². The summed E-state index contributed by atoms with van der Waals surface area (Å²) >= 11 is 16.8. The van der Waals surface area contributed by atoms with E-state index in [4.69, 9.17) is 39.5 Å². The van der Waals surface area contributed by atoms with Gasteiger partial charge >= 0.3 is 11.3 Å². The van der Waals surface area contributed by atoms with Crippen LogP contribution < -0.4 is 4.74 Å². The van der Waals surface area contributed by atoms with Crippen molar-refractivity contribution in [2.75, 3.05) is 6.61 Å². The number of nitrogens with zero attached hydrogens (tertiary/aromatic N) is 2. The molecule has 0 spiro atoms. The Hall–Kier alpha value is -2.22. The smallest absolute Gasteiger partial charge is 0.400 e. The average Bonchev–Trinajstić information content (AvgIpc) is 3.12. The number of carbonyl (C=O) groups excluding carboxylic acids is 1. The lowest BCUT2D eigenvalue weighted by Crippen LogP contribution is -2.12. The van der Waals surface area contributed by atoms with Gasteiger partial charge in [0, 0.05) is 11.1 Å². The van der Waals surface area contributed by atoms with Crippen molar-refractivity contribution >= 4 is 40.6 Å². The van der Waals surface area contributed by atoms with Crippen LogP contribution in [0.3, 0.4) is 0 Å². The molecule has 27 heavy (non-hydrogen) atoms. The number of benzene rings is 2. The first kappa shape index (κ1) is 19.5. The molecule has 0 aliphatic heterocycles. The van der Waals surface area contributed by atoms with Gasteiger partial charge in [-0.2, -0.15) is 13.8 Å². The second kappa shape index (κ2) is 7.80. The molecule has 0 aliphatic rings. The van der Waals surface area contributed by atoms with Crippen LogP contribution in [-0.2, 0) is 5.38 Å². The number of Topliss-reactive ketones (excluding diaryl/α,β-unsaturated/α-hetero) is 1. The molecule has 0 aliphatic carbocycles. The summed E-state index contributed by atoms with van der Waals surface area (Å²) in [7, 11) is 0. The maximum Gasteiger partial charge on any atom is 0.400 e. The number of ether oxygens (including phenoxy) is 1. The molecule has 3 aromatic rings. The van der Waals surface area contributed by atoms with Gasteiger partial charge in [-0.3, -0.25) is 4.79 Å². The third-order valence-electron chi connectivity index (χ3n) is 3.40. The van der Waals surface area contributed by atoms with Crippen LogP contribution >= 0.6 is 34.8 Å². The van der Waals surface area contributed by atoms with Crippen molar-refractivity contribution in [3.63, 3.8) is 0 Å². The number of rotatable bonds is 6. The topological polar surface area (TPSA) is 65.2 Å². The SMILES string of the molecule is O=C(COc1c(Cl)cccc1Cl)c1ccc(-c2noc(C(F)(F)Cl)n2)cc1. The van der Waals surface area contributed by atoms with E-state index in [9.17, 15) is 13.6 Å². The molecule has 0 saturated heterocycles. The predicted molar refractivity (Wildman–Crippen MR) is 95.8 cm³/mol. The minimum Gasteiger partial charge on any atom is -0.482 e. The van der Waals surface area contributed by atoms with Gasteiger partial charge in [-0.25, -0.2) is 0 Å². The van der Waals surface area contributed by atoms with E-state index in [2.05, 4.69) is 14.7 Å². The molecule has 0 saturated carbocycles. The molecule has 10 heteroatoms. The highest BCUT2D eigenvalue weighted by Gasteiger charge is 2.35. The van der Waals surface area contributed by atoms with Crippen molar-refractivity contribution in [2.24, 2.45) is 0 Å². The molecular weight excluding hydrogens is 425 g/mol. The van der Waals surface area contributed by atoms with Crippen molar-refractivity contribution in [3.8, 4) is 17.1 Å². The number of ketones is 1. The van der Waals surface area contributed by atoms with Crippen molar-refractivity contribution in [2.45, 2.75) is 5.38 Å². The minimum atomic E-state index is -3.75. The van der Waals surface area contributed by atoms with Crippen LogP contribution in [0.5, 0.6) is 5.75 Å². The van der Waals surface area contributed by atoms with Gasteiger partial charge in [-0.05, 0) is 23.7 Å². The summed E-state index contributed by atoms with van der Waals surface area (Å²) in [6.45, 7) is -0.284. The molecule has 0 radical (unpaired) electrons. The number of aromatic nitrogens is 2. The average molecular weight is 434 g/mol. The minimum absolute atomic E-state index is 0.0802. The van der Waals surface area contributed by atoms with Crippen LogP contribution in [0.15, 0.2) is 47.0 Å². The first-order valence-corrected chi connectivity index (χ1v) is 8.50. The molecule has 0 atom stereocenters. The van der Waals surface area contributed by atoms with E-state index in [1.165, 1.54) is 24.3 Å². The van der Waals surface area contributed by atoms with Gasteiger partial charge in [0.05, 0.1) is 10.0 Å². The van der Waals surface area contributed by atoms with Crippen LogP contribution in [0.25, 0.3) is 11.4 Å². The number of hydrogen-bond donors (Lipinski definition) is 0. The molecule has 2 aromatic carbocycles. The fraction of sp³-hybridized carbons (Fsp3) is 0.118. The van der Waals surface area contributed by atoms with Gasteiger partial charge in [0.25, 0.3) is 0 Å². The van der Waals surface area contributed by atoms with Gasteiger partial charge in [0.1, 0.15) is 0 Å². The van der Waals surface area contributed by atoms with Gasteiger partial charge in [-0.1, -0.05) is 58.7 Å². The molecule has 1 heterocycles. The summed E-state index contributed by atoms with van der Waals surface area (Å²) in [5, 5.41) is 0.255. The second-order valence-corrected chi connectivity index (χ2v) is 6.55. The number of para-hydroxylation sites is 1. The van der Waals surface area contributed by atoms with Gasteiger partial charge in [0.2, 0.25) is 5.82 Å². The standard InChI is InChI=1S/C17H9Cl3F2N2O3/c18-11-2-1-3-12(19)14(11)26-8-13(25)9-4-6-10(7-5-9)15-23-16(27-24-15)17(20,21)22/h1-7H,8H2. The maximum absolute atomic E-state index is 12.9. The monoisotopic (exact) mass is 432 g/mol. The molecule has 0 fully saturated rings. The normalized spacial score (nSPS) is 11.4. The fourth-order valence-corrected chi connectivity index (χ4v) is 2.69. The number of halogens is 5. The zero-order chi connectivity index (χ0) is 19.6.